The van der Waals surface area contributed by atoms with Crippen LogP contribution in [0.3, 0.4) is 0 Å². The van der Waals surface area contributed by atoms with E-state index in [-0.39, 0.29) is 12.0 Å². The van der Waals surface area contributed by atoms with Crippen LogP contribution < -0.4 is 0 Å². The molecule has 92 valence electrons. The third-order valence-corrected chi connectivity index (χ3v) is 3.78. The summed E-state index contributed by atoms with van der Waals surface area (Å²) < 4.78 is 5.46. The lowest BCUT2D eigenvalue weighted by molar-refractivity contribution is -0.173. The molecule has 2 fully saturated rings. The molecule has 0 aromatic carbocycles. The summed E-state index contributed by atoms with van der Waals surface area (Å²) in [7, 11) is 2.99. The Kier molecular flexibility index (Phi) is 2.59. The number of amides is 3. The third-order valence-electron chi connectivity index (χ3n) is 3.78. The Hall–Kier alpha value is -1.61. The number of carbonyl (C=O) groups is 2. The van der Waals surface area contributed by atoms with E-state index >= 15 is 0 Å². The van der Waals surface area contributed by atoms with Gasteiger partial charge in [-0.2, -0.15) is 5.26 Å². The Labute approximate surface area is 99.7 Å². The van der Waals surface area contributed by atoms with Gasteiger partial charge in [-0.1, -0.05) is 0 Å². The number of ether oxygens (including phenoxy) is 1. The Morgan fingerprint density at radius 1 is 1.53 bits per heavy atom. The highest BCUT2D eigenvalue weighted by Gasteiger charge is 2.67. The smallest absolute Gasteiger partial charge is 0.327 e. The minimum atomic E-state index is -1.11. The van der Waals surface area contributed by atoms with Gasteiger partial charge in [-0.3, -0.25) is 9.69 Å². The number of hydrogen-bond acceptors (Lipinski definition) is 4. The van der Waals surface area contributed by atoms with Gasteiger partial charge in [0, 0.05) is 20.7 Å². The zero-order chi connectivity index (χ0) is 12.8. The van der Waals surface area contributed by atoms with Gasteiger partial charge >= 0.3 is 6.03 Å². The van der Waals surface area contributed by atoms with Gasteiger partial charge in [0.15, 0.2) is 5.54 Å². The van der Waals surface area contributed by atoms with Crippen LogP contribution in [0.4, 0.5) is 4.79 Å². The summed E-state index contributed by atoms with van der Waals surface area (Å²) in [4.78, 5) is 26.2. The number of carbonyl (C=O) groups excluding carboxylic acids is 2. The fourth-order valence-electron chi connectivity index (χ4n) is 2.71. The molecule has 0 spiro atoms. The lowest BCUT2D eigenvalue weighted by Gasteiger charge is -2.57. The second kappa shape index (κ2) is 3.70. The molecule has 0 N–H and O–H groups in total. The molecule has 2 rings (SSSR count). The van der Waals surface area contributed by atoms with Gasteiger partial charge in [-0.15, -0.1) is 0 Å². The van der Waals surface area contributed by atoms with Gasteiger partial charge in [-0.05, 0) is 13.3 Å². The quantitative estimate of drug-likeness (QED) is 0.687. The Bertz CT molecular complexity index is 397. The fraction of sp³-hybridized carbons (Fsp3) is 0.727. The normalized spacial score (nSPS) is 36.4. The molecule has 6 nitrogen and oxygen atoms in total. The molecule has 1 heterocycles. The van der Waals surface area contributed by atoms with E-state index in [9.17, 15) is 14.9 Å². The van der Waals surface area contributed by atoms with Crippen molar-refractivity contribution in [2.24, 2.45) is 5.92 Å². The van der Waals surface area contributed by atoms with Crippen molar-refractivity contribution in [2.45, 2.75) is 25.0 Å². The first kappa shape index (κ1) is 11.9. The lowest BCUT2D eigenvalue weighted by atomic mass is 9.62. The van der Waals surface area contributed by atoms with E-state index in [1.54, 1.807) is 7.05 Å². The van der Waals surface area contributed by atoms with Crippen molar-refractivity contribution in [2.75, 3.05) is 20.7 Å². The first-order chi connectivity index (χ1) is 8.00. The minimum Gasteiger partial charge on any atom is -0.375 e. The van der Waals surface area contributed by atoms with Gasteiger partial charge in [0.1, 0.15) is 0 Å². The topological polar surface area (TPSA) is 73.6 Å². The largest absolute Gasteiger partial charge is 0.375 e. The Morgan fingerprint density at radius 2 is 2.18 bits per heavy atom. The molecule has 0 radical (unpaired) electrons. The molecule has 0 aromatic rings. The zero-order valence-electron chi connectivity index (χ0n) is 10.1. The van der Waals surface area contributed by atoms with Crippen molar-refractivity contribution in [1.29, 1.82) is 5.26 Å². The number of nitriles is 1. The highest BCUT2D eigenvalue weighted by atomic mass is 16.5. The standard InChI is InChI=1S/C11H15N3O3/c1-4-17-8-5-7-9(15)13(2)10(16)14(3)11(7,8)6-12/h7-8H,4-5H2,1-3H3/t7-,8-,11+/m1/s1. The van der Waals surface area contributed by atoms with Crippen molar-refractivity contribution in [1.82, 2.24) is 9.80 Å². The molecule has 3 atom stereocenters. The molecule has 6 heteroatoms. The first-order valence-electron chi connectivity index (χ1n) is 5.58. The molecule has 17 heavy (non-hydrogen) atoms. The van der Waals surface area contributed by atoms with Crippen molar-refractivity contribution in [3.8, 4) is 6.07 Å². The average molecular weight is 237 g/mol. The van der Waals surface area contributed by atoms with Crippen LogP contribution in [0.5, 0.6) is 0 Å². The van der Waals surface area contributed by atoms with E-state index in [1.807, 2.05) is 6.92 Å². The summed E-state index contributed by atoms with van der Waals surface area (Å²) in [6.45, 7) is 2.30. The number of urea groups is 1. The van der Waals surface area contributed by atoms with Gasteiger partial charge in [0.05, 0.1) is 18.1 Å². The number of nitrogens with zero attached hydrogens (tertiary/aromatic N) is 3. The lowest BCUT2D eigenvalue weighted by Crippen LogP contribution is -2.77. The molecule has 0 aromatic heterocycles. The van der Waals surface area contributed by atoms with Gasteiger partial charge in [0.2, 0.25) is 5.91 Å². The molecular formula is C11H15N3O3. The molecule has 1 aliphatic carbocycles. The highest BCUT2D eigenvalue weighted by molar-refractivity contribution is 6.00. The predicted octanol–water partition coefficient (Wildman–Crippen LogP) is 0.198. The maximum absolute atomic E-state index is 11.9. The van der Waals surface area contributed by atoms with Crippen molar-refractivity contribution < 1.29 is 14.3 Å². The van der Waals surface area contributed by atoms with E-state index < -0.39 is 17.5 Å². The maximum atomic E-state index is 11.9. The average Bonchev–Trinajstić information content (AvgIpc) is 2.31. The highest BCUT2D eigenvalue weighted by Crippen LogP contribution is 2.48. The van der Waals surface area contributed by atoms with Crippen LogP contribution in [-0.2, 0) is 9.53 Å². The Morgan fingerprint density at radius 3 is 2.71 bits per heavy atom. The molecular weight excluding hydrogens is 222 g/mol. The van der Waals surface area contributed by atoms with E-state index in [0.717, 1.165) is 4.90 Å². The van der Waals surface area contributed by atoms with Crippen LogP contribution in [0.25, 0.3) is 0 Å². The first-order valence-corrected chi connectivity index (χ1v) is 5.58. The van der Waals surface area contributed by atoms with Crippen molar-refractivity contribution >= 4 is 11.9 Å². The van der Waals surface area contributed by atoms with E-state index in [4.69, 9.17) is 4.74 Å². The summed E-state index contributed by atoms with van der Waals surface area (Å²) in [6, 6.07) is 1.67. The second-order valence-electron chi connectivity index (χ2n) is 4.41. The van der Waals surface area contributed by atoms with E-state index in [0.29, 0.717) is 13.0 Å². The monoisotopic (exact) mass is 237 g/mol. The summed E-state index contributed by atoms with van der Waals surface area (Å²) in [5, 5.41) is 9.37. The minimum absolute atomic E-state index is 0.286. The van der Waals surface area contributed by atoms with Crippen LogP contribution >= 0.6 is 0 Å². The van der Waals surface area contributed by atoms with Gasteiger partial charge in [-0.25, -0.2) is 4.79 Å². The molecule has 3 amide bonds. The number of likely N-dealkylation sites (N-methyl/N-ethyl adjacent to an activating group) is 1. The van der Waals surface area contributed by atoms with E-state index in [1.165, 1.54) is 11.9 Å². The van der Waals surface area contributed by atoms with Crippen molar-refractivity contribution in [3.05, 3.63) is 0 Å². The van der Waals surface area contributed by atoms with Crippen LogP contribution in [0.15, 0.2) is 0 Å². The number of hydrogen-bond donors (Lipinski definition) is 0. The molecule has 1 saturated carbocycles. The summed E-state index contributed by atoms with van der Waals surface area (Å²) in [6.07, 6.45) is 0.136. The summed E-state index contributed by atoms with van der Waals surface area (Å²) >= 11 is 0. The number of imide groups is 1. The maximum Gasteiger partial charge on any atom is 0.327 e. The predicted molar refractivity (Wildman–Crippen MR) is 57.8 cm³/mol. The molecule has 1 saturated heterocycles. The van der Waals surface area contributed by atoms with Crippen LogP contribution in [0, 0.1) is 17.2 Å². The molecule has 0 bridgehead atoms. The SMILES string of the molecule is CCO[C@@H]1C[C@@H]2C(=O)N(C)C(=O)N(C)[C@@]21C#N. The molecule has 0 unspecified atom stereocenters. The van der Waals surface area contributed by atoms with Gasteiger partial charge < -0.3 is 9.64 Å². The Balaban J connectivity index is 2.38. The summed E-state index contributed by atoms with van der Waals surface area (Å²) in [5.74, 6) is -0.748. The second-order valence-corrected chi connectivity index (χ2v) is 4.41. The zero-order valence-corrected chi connectivity index (χ0v) is 10.1. The fourth-order valence-corrected chi connectivity index (χ4v) is 2.71. The third kappa shape index (κ3) is 1.23. The van der Waals surface area contributed by atoms with Crippen LogP contribution in [0.1, 0.15) is 13.3 Å². The number of fused-ring (bicyclic) bond motifs is 1. The van der Waals surface area contributed by atoms with E-state index in [2.05, 4.69) is 6.07 Å². The van der Waals surface area contributed by atoms with Crippen LogP contribution in [0.2, 0.25) is 0 Å². The van der Waals surface area contributed by atoms with Crippen molar-refractivity contribution in [3.63, 3.8) is 0 Å². The number of rotatable bonds is 2. The molecule has 2 aliphatic rings. The van der Waals surface area contributed by atoms with Crippen LogP contribution in [-0.4, -0.2) is 54.1 Å². The molecule has 1 aliphatic heterocycles. The summed E-state index contributed by atoms with van der Waals surface area (Å²) in [5.41, 5.74) is -1.11. The van der Waals surface area contributed by atoms with Gasteiger partial charge in [0.25, 0.3) is 0 Å².